The molecule has 0 aliphatic carbocycles. The number of Topliss-reactive ketones (excluding diaryl/α,β-unsaturated/α-hetero) is 1. The number of piperidine rings is 1. The van der Waals surface area contributed by atoms with Crippen LogP contribution in [0, 0.1) is 11.8 Å². The van der Waals surface area contributed by atoms with Gasteiger partial charge in [-0.2, -0.15) is 0 Å². The highest BCUT2D eigenvalue weighted by Gasteiger charge is 2.29. The second kappa shape index (κ2) is 10.4. The number of rotatable bonds is 10. The SMILES string of the molecule is CC(C)C(=O)CCC(C)(C)OCCC(C)(C)NC(=O)C1CCN(I)CC1. The van der Waals surface area contributed by atoms with Crippen LogP contribution in [0.5, 0.6) is 0 Å². The standard InChI is InChI=1S/C20H37IN2O3/c1-15(2)17(24)7-10-20(5,6)26-14-11-19(3,4)22-18(25)16-8-12-23(21)13-9-16/h15-16H,7-14H2,1-6H3,(H,22,25). The van der Waals surface area contributed by atoms with Crippen LogP contribution in [0.1, 0.15) is 73.6 Å². The summed E-state index contributed by atoms with van der Waals surface area (Å²) in [6.07, 6.45) is 3.90. The lowest BCUT2D eigenvalue weighted by Gasteiger charge is -2.33. The molecule has 1 heterocycles. The maximum Gasteiger partial charge on any atom is 0.223 e. The second-order valence-electron chi connectivity index (χ2n) is 9.04. The molecule has 0 radical (unpaired) electrons. The van der Waals surface area contributed by atoms with Gasteiger partial charge in [0.2, 0.25) is 5.91 Å². The van der Waals surface area contributed by atoms with Crippen molar-refractivity contribution in [2.75, 3.05) is 19.7 Å². The Labute approximate surface area is 173 Å². The minimum atomic E-state index is -0.322. The van der Waals surface area contributed by atoms with Gasteiger partial charge in [0.25, 0.3) is 0 Å². The topological polar surface area (TPSA) is 58.6 Å². The van der Waals surface area contributed by atoms with Gasteiger partial charge in [-0.3, -0.25) is 9.59 Å². The Balaban J connectivity index is 2.35. The van der Waals surface area contributed by atoms with Gasteiger partial charge < -0.3 is 10.1 Å². The zero-order valence-corrected chi connectivity index (χ0v) is 19.5. The van der Waals surface area contributed by atoms with E-state index in [4.69, 9.17) is 4.74 Å². The molecular formula is C20H37IN2O3. The molecule has 1 amide bonds. The Hall–Kier alpha value is -0.210. The van der Waals surface area contributed by atoms with Crippen LogP contribution < -0.4 is 5.32 Å². The number of ketones is 1. The molecule has 6 heteroatoms. The molecule has 0 bridgehead atoms. The summed E-state index contributed by atoms with van der Waals surface area (Å²) in [7, 11) is 0. The van der Waals surface area contributed by atoms with Crippen molar-refractivity contribution in [1.82, 2.24) is 8.43 Å². The third-order valence-electron chi connectivity index (χ3n) is 5.11. The van der Waals surface area contributed by atoms with Crippen molar-refractivity contribution in [1.29, 1.82) is 0 Å². The Bertz CT molecular complexity index is 470. The largest absolute Gasteiger partial charge is 0.375 e. The summed E-state index contributed by atoms with van der Waals surface area (Å²) < 4.78 is 8.27. The quantitative estimate of drug-likeness (QED) is 0.377. The molecule has 1 aliphatic rings. The van der Waals surface area contributed by atoms with Crippen LogP contribution in [0.3, 0.4) is 0 Å². The van der Waals surface area contributed by atoms with Gasteiger partial charge in [-0.05, 0) is 53.4 Å². The summed E-state index contributed by atoms with van der Waals surface area (Å²) in [6.45, 7) is 14.6. The molecule has 0 aromatic heterocycles. The molecule has 0 saturated carbocycles. The summed E-state index contributed by atoms with van der Waals surface area (Å²) in [4.78, 5) is 24.3. The number of halogens is 1. The van der Waals surface area contributed by atoms with E-state index in [-0.39, 0.29) is 34.7 Å². The van der Waals surface area contributed by atoms with Crippen LogP contribution >= 0.6 is 22.9 Å². The molecule has 0 aromatic carbocycles. The van der Waals surface area contributed by atoms with Crippen LogP contribution in [-0.4, -0.2) is 45.6 Å². The molecule has 0 unspecified atom stereocenters. The Morgan fingerprint density at radius 2 is 1.73 bits per heavy atom. The van der Waals surface area contributed by atoms with Crippen molar-refractivity contribution in [3.8, 4) is 0 Å². The first-order chi connectivity index (χ1) is 11.9. The number of amides is 1. The van der Waals surface area contributed by atoms with Gasteiger partial charge in [0.05, 0.1) is 5.60 Å². The molecule has 1 N–H and O–H groups in total. The first-order valence-electron chi connectivity index (χ1n) is 9.81. The van der Waals surface area contributed by atoms with E-state index in [9.17, 15) is 9.59 Å². The van der Waals surface area contributed by atoms with Gasteiger partial charge in [0, 0.05) is 66.4 Å². The fraction of sp³-hybridized carbons (Fsp3) is 0.900. The number of ether oxygens (including phenoxy) is 1. The highest BCUT2D eigenvalue weighted by atomic mass is 127. The Morgan fingerprint density at radius 1 is 1.15 bits per heavy atom. The van der Waals surface area contributed by atoms with E-state index in [0.29, 0.717) is 13.0 Å². The molecule has 1 aliphatic heterocycles. The Kier molecular flexibility index (Phi) is 9.50. The van der Waals surface area contributed by atoms with Crippen molar-refractivity contribution in [3.63, 3.8) is 0 Å². The summed E-state index contributed by atoms with van der Waals surface area (Å²) in [5.74, 6) is 0.659. The molecule has 0 atom stereocenters. The molecule has 1 rings (SSSR count). The number of nitrogens with zero attached hydrogens (tertiary/aromatic N) is 1. The first-order valence-corrected chi connectivity index (χ1v) is 10.8. The minimum Gasteiger partial charge on any atom is -0.375 e. The van der Waals surface area contributed by atoms with Gasteiger partial charge in [0.15, 0.2) is 0 Å². The number of carbonyl (C=O) groups excluding carboxylic acids is 2. The van der Waals surface area contributed by atoms with Crippen LogP contribution in [0.4, 0.5) is 0 Å². The zero-order chi connectivity index (χ0) is 20.0. The lowest BCUT2D eigenvalue weighted by molar-refractivity contribution is -0.128. The second-order valence-corrected chi connectivity index (χ2v) is 10.4. The summed E-state index contributed by atoms with van der Waals surface area (Å²) in [5, 5.41) is 3.20. The van der Waals surface area contributed by atoms with Crippen molar-refractivity contribution in [2.45, 2.75) is 84.8 Å². The van der Waals surface area contributed by atoms with Crippen molar-refractivity contribution in [2.24, 2.45) is 11.8 Å². The van der Waals surface area contributed by atoms with Crippen molar-refractivity contribution >= 4 is 34.6 Å². The highest BCUT2D eigenvalue weighted by molar-refractivity contribution is 14.1. The van der Waals surface area contributed by atoms with Crippen LogP contribution in [0.25, 0.3) is 0 Å². The molecule has 5 nitrogen and oxygen atoms in total. The summed E-state index contributed by atoms with van der Waals surface area (Å²) >= 11 is 2.32. The van der Waals surface area contributed by atoms with E-state index in [1.807, 2.05) is 27.7 Å². The van der Waals surface area contributed by atoms with Crippen molar-refractivity contribution in [3.05, 3.63) is 0 Å². The molecule has 152 valence electrons. The monoisotopic (exact) mass is 480 g/mol. The first kappa shape index (κ1) is 23.8. The van der Waals surface area contributed by atoms with Gasteiger partial charge in [-0.1, -0.05) is 13.8 Å². The summed E-state index contributed by atoms with van der Waals surface area (Å²) in [5.41, 5.74) is -0.611. The lowest BCUT2D eigenvalue weighted by atomic mass is 9.94. The number of hydrogen-bond donors (Lipinski definition) is 1. The average molecular weight is 480 g/mol. The smallest absolute Gasteiger partial charge is 0.223 e. The molecule has 26 heavy (non-hydrogen) atoms. The summed E-state index contributed by atoms with van der Waals surface area (Å²) in [6, 6.07) is 0. The molecular weight excluding hydrogens is 443 g/mol. The van der Waals surface area contributed by atoms with E-state index in [2.05, 4.69) is 45.1 Å². The maximum absolute atomic E-state index is 12.5. The van der Waals surface area contributed by atoms with Crippen molar-refractivity contribution < 1.29 is 14.3 Å². The number of nitrogens with one attached hydrogen (secondary N) is 1. The third-order valence-corrected chi connectivity index (χ3v) is 6.07. The number of carbonyl (C=O) groups is 2. The van der Waals surface area contributed by atoms with Gasteiger partial charge in [-0.15, -0.1) is 0 Å². The van der Waals surface area contributed by atoms with E-state index in [1.165, 1.54) is 0 Å². The van der Waals surface area contributed by atoms with Crippen LogP contribution in [0.15, 0.2) is 0 Å². The minimum absolute atomic E-state index is 0.0824. The Morgan fingerprint density at radius 3 is 2.27 bits per heavy atom. The molecule has 0 aromatic rings. The van der Waals surface area contributed by atoms with Gasteiger partial charge in [0.1, 0.15) is 5.78 Å². The fourth-order valence-electron chi connectivity index (χ4n) is 2.98. The molecule has 1 saturated heterocycles. The average Bonchev–Trinajstić information content (AvgIpc) is 2.52. The van der Waals surface area contributed by atoms with Crippen LogP contribution in [-0.2, 0) is 14.3 Å². The predicted octanol–water partition coefficient (Wildman–Crippen LogP) is 4.13. The lowest BCUT2D eigenvalue weighted by Crippen LogP contribution is -2.48. The number of hydrogen-bond acceptors (Lipinski definition) is 4. The highest BCUT2D eigenvalue weighted by Crippen LogP contribution is 2.23. The zero-order valence-electron chi connectivity index (χ0n) is 17.4. The normalized spacial score (nSPS) is 17.5. The van der Waals surface area contributed by atoms with E-state index >= 15 is 0 Å². The fourth-order valence-corrected chi connectivity index (χ4v) is 3.53. The van der Waals surface area contributed by atoms with Gasteiger partial charge in [-0.25, -0.2) is 3.11 Å². The van der Waals surface area contributed by atoms with Gasteiger partial charge >= 0.3 is 0 Å². The van der Waals surface area contributed by atoms with E-state index in [0.717, 1.165) is 38.8 Å². The van der Waals surface area contributed by atoms with E-state index < -0.39 is 0 Å². The van der Waals surface area contributed by atoms with E-state index in [1.54, 1.807) is 0 Å². The van der Waals surface area contributed by atoms with Crippen LogP contribution in [0.2, 0.25) is 0 Å². The maximum atomic E-state index is 12.5. The third kappa shape index (κ3) is 9.13. The molecule has 1 fully saturated rings. The predicted molar refractivity (Wildman–Crippen MR) is 114 cm³/mol. The molecule has 0 spiro atoms.